The van der Waals surface area contributed by atoms with Crippen LogP contribution in [0.1, 0.15) is 26.2 Å². The lowest BCUT2D eigenvalue weighted by Crippen LogP contribution is -2.26. The van der Waals surface area contributed by atoms with Gasteiger partial charge in [0.1, 0.15) is 5.25 Å². The minimum Gasteiger partial charge on any atom is -0.481 e. The van der Waals surface area contributed by atoms with Crippen LogP contribution in [0.4, 0.5) is 0 Å². The zero-order chi connectivity index (χ0) is 11.7. The predicted octanol–water partition coefficient (Wildman–Crippen LogP) is 0.568. The van der Waals surface area contributed by atoms with E-state index in [-0.39, 0.29) is 12.2 Å². The molecule has 1 rings (SSSR count). The van der Waals surface area contributed by atoms with Crippen LogP contribution in [-0.4, -0.2) is 30.5 Å². The number of carbonyl (C=O) groups is 1. The van der Waals surface area contributed by atoms with Crippen molar-refractivity contribution >= 4 is 15.8 Å². The first-order valence-corrected chi connectivity index (χ1v) is 6.36. The normalized spacial score (nSPS) is 20.3. The molecule has 0 aliphatic heterocycles. The molecular weight excluding hydrogens is 218 g/mol. The van der Waals surface area contributed by atoms with Gasteiger partial charge < -0.3 is 5.11 Å². The highest BCUT2D eigenvalue weighted by Crippen LogP contribution is 2.50. The van der Waals surface area contributed by atoms with Crippen molar-refractivity contribution in [1.29, 1.82) is 5.26 Å². The molecule has 0 aromatic rings. The first-order chi connectivity index (χ1) is 6.81. The lowest BCUT2D eigenvalue weighted by atomic mass is 10.1. The number of nitrogens with zero attached hydrogens (tertiary/aromatic N) is 1. The monoisotopic (exact) mass is 231 g/mol. The number of nitriles is 1. The quantitative estimate of drug-likeness (QED) is 0.746. The summed E-state index contributed by atoms with van der Waals surface area (Å²) in [6.07, 6.45) is 1.12. The van der Waals surface area contributed by atoms with E-state index in [1.165, 1.54) is 6.92 Å². The Hall–Kier alpha value is -1.09. The SMILES string of the molecule is CC(C#N)S(=O)(=O)CC1(CC(=O)O)CC1. The molecule has 0 bridgehead atoms. The molecule has 15 heavy (non-hydrogen) atoms. The highest BCUT2D eigenvalue weighted by molar-refractivity contribution is 7.92. The second-order valence-electron chi connectivity index (χ2n) is 4.15. The van der Waals surface area contributed by atoms with Gasteiger partial charge in [0.15, 0.2) is 9.84 Å². The summed E-state index contributed by atoms with van der Waals surface area (Å²) in [5, 5.41) is 16.1. The van der Waals surface area contributed by atoms with E-state index in [1.54, 1.807) is 6.07 Å². The third-order valence-electron chi connectivity index (χ3n) is 2.71. The largest absolute Gasteiger partial charge is 0.481 e. The molecule has 5 nitrogen and oxygen atoms in total. The minimum atomic E-state index is -3.48. The van der Waals surface area contributed by atoms with Crippen molar-refractivity contribution in [3.05, 3.63) is 0 Å². The Bertz CT molecular complexity index is 402. The lowest BCUT2D eigenvalue weighted by Gasteiger charge is -2.13. The molecular formula is C9H13NO4S. The highest BCUT2D eigenvalue weighted by Gasteiger charge is 2.48. The number of hydrogen-bond donors (Lipinski definition) is 1. The molecule has 84 valence electrons. The molecule has 0 amide bonds. The van der Waals surface area contributed by atoms with Crippen molar-refractivity contribution in [1.82, 2.24) is 0 Å². The van der Waals surface area contributed by atoms with Gasteiger partial charge in [-0.2, -0.15) is 5.26 Å². The summed E-state index contributed by atoms with van der Waals surface area (Å²) in [7, 11) is -3.48. The van der Waals surface area contributed by atoms with Crippen LogP contribution in [0.3, 0.4) is 0 Å². The molecule has 1 N–H and O–H groups in total. The number of carboxylic acids is 1. The summed E-state index contributed by atoms with van der Waals surface area (Å²) < 4.78 is 23.2. The molecule has 0 aromatic carbocycles. The van der Waals surface area contributed by atoms with E-state index in [2.05, 4.69) is 0 Å². The molecule has 6 heteroatoms. The topological polar surface area (TPSA) is 95.2 Å². The van der Waals surface area contributed by atoms with Crippen molar-refractivity contribution < 1.29 is 18.3 Å². The summed E-state index contributed by atoms with van der Waals surface area (Å²) in [5.41, 5.74) is -0.601. The van der Waals surface area contributed by atoms with Crippen molar-refractivity contribution in [2.24, 2.45) is 5.41 Å². The Kier molecular flexibility index (Phi) is 3.05. The molecule has 1 aliphatic rings. The van der Waals surface area contributed by atoms with Gasteiger partial charge in [-0.15, -0.1) is 0 Å². The van der Waals surface area contributed by atoms with E-state index in [9.17, 15) is 13.2 Å². The Morgan fingerprint density at radius 2 is 2.13 bits per heavy atom. The first-order valence-electron chi connectivity index (χ1n) is 4.64. The zero-order valence-electron chi connectivity index (χ0n) is 8.43. The van der Waals surface area contributed by atoms with Crippen LogP contribution < -0.4 is 0 Å². The van der Waals surface area contributed by atoms with Gasteiger partial charge in [0.2, 0.25) is 0 Å². The molecule has 0 aromatic heterocycles. The van der Waals surface area contributed by atoms with Gasteiger partial charge in [0.25, 0.3) is 0 Å². The summed E-state index contributed by atoms with van der Waals surface area (Å²) in [5.74, 6) is -1.16. The second kappa shape index (κ2) is 3.81. The molecule has 1 fully saturated rings. The molecule has 1 saturated carbocycles. The third kappa shape index (κ3) is 2.93. The summed E-state index contributed by atoms with van der Waals surface area (Å²) in [4.78, 5) is 10.5. The average molecular weight is 231 g/mol. The van der Waals surface area contributed by atoms with Gasteiger partial charge in [-0.1, -0.05) is 0 Å². The van der Waals surface area contributed by atoms with Crippen LogP contribution in [-0.2, 0) is 14.6 Å². The molecule has 1 aliphatic carbocycles. The lowest BCUT2D eigenvalue weighted by molar-refractivity contribution is -0.138. The van der Waals surface area contributed by atoms with Crippen LogP contribution in [0.2, 0.25) is 0 Å². The average Bonchev–Trinajstić information content (AvgIpc) is 2.80. The second-order valence-corrected chi connectivity index (χ2v) is 6.47. The van der Waals surface area contributed by atoms with Crippen LogP contribution in [0, 0.1) is 16.7 Å². The molecule has 1 atom stereocenters. The maximum atomic E-state index is 11.6. The molecule has 0 radical (unpaired) electrons. The Balaban J connectivity index is 2.71. The Morgan fingerprint density at radius 1 is 1.60 bits per heavy atom. The van der Waals surface area contributed by atoms with Crippen molar-refractivity contribution in [2.45, 2.75) is 31.4 Å². The van der Waals surface area contributed by atoms with Crippen LogP contribution in [0.15, 0.2) is 0 Å². The number of rotatable bonds is 5. The van der Waals surface area contributed by atoms with E-state index in [1.807, 2.05) is 0 Å². The Labute approximate surface area is 88.6 Å². The van der Waals surface area contributed by atoms with Gasteiger partial charge in [0.05, 0.1) is 18.2 Å². The van der Waals surface area contributed by atoms with E-state index in [0.29, 0.717) is 12.8 Å². The molecule has 0 spiro atoms. The fourth-order valence-corrected chi connectivity index (χ4v) is 3.16. The third-order valence-corrected chi connectivity index (χ3v) is 4.91. The smallest absolute Gasteiger partial charge is 0.303 e. The van der Waals surface area contributed by atoms with Crippen LogP contribution in [0.5, 0.6) is 0 Å². The van der Waals surface area contributed by atoms with E-state index in [4.69, 9.17) is 10.4 Å². The van der Waals surface area contributed by atoms with Crippen LogP contribution >= 0.6 is 0 Å². The molecule has 1 unspecified atom stereocenters. The zero-order valence-corrected chi connectivity index (χ0v) is 9.25. The van der Waals surface area contributed by atoms with Gasteiger partial charge in [-0.05, 0) is 25.2 Å². The standard InChI is InChI=1S/C9H13NO4S/c1-7(5-10)15(13,14)6-9(2-3-9)4-8(11)12/h7H,2-4,6H2,1H3,(H,11,12). The fraction of sp³-hybridized carbons (Fsp3) is 0.778. The van der Waals surface area contributed by atoms with E-state index < -0.39 is 26.5 Å². The molecule has 0 heterocycles. The predicted molar refractivity (Wildman–Crippen MR) is 52.8 cm³/mol. The number of sulfone groups is 1. The first kappa shape index (κ1) is 12.0. The summed E-state index contributed by atoms with van der Waals surface area (Å²) in [6, 6.07) is 1.67. The van der Waals surface area contributed by atoms with Gasteiger partial charge in [0, 0.05) is 0 Å². The van der Waals surface area contributed by atoms with Gasteiger partial charge >= 0.3 is 5.97 Å². The maximum absolute atomic E-state index is 11.6. The number of aliphatic carboxylic acids is 1. The fourth-order valence-electron chi connectivity index (χ4n) is 1.50. The molecule has 0 saturated heterocycles. The summed E-state index contributed by atoms with van der Waals surface area (Å²) in [6.45, 7) is 1.33. The van der Waals surface area contributed by atoms with Crippen molar-refractivity contribution in [3.8, 4) is 6.07 Å². The number of carboxylic acid groups (broad SMARTS) is 1. The van der Waals surface area contributed by atoms with Gasteiger partial charge in [-0.25, -0.2) is 8.42 Å². The highest BCUT2D eigenvalue weighted by atomic mass is 32.2. The van der Waals surface area contributed by atoms with Crippen molar-refractivity contribution in [2.75, 3.05) is 5.75 Å². The number of hydrogen-bond acceptors (Lipinski definition) is 4. The van der Waals surface area contributed by atoms with E-state index in [0.717, 1.165) is 0 Å². The minimum absolute atomic E-state index is 0.121. The van der Waals surface area contributed by atoms with Crippen LogP contribution in [0.25, 0.3) is 0 Å². The van der Waals surface area contributed by atoms with Crippen molar-refractivity contribution in [3.63, 3.8) is 0 Å². The summed E-state index contributed by atoms with van der Waals surface area (Å²) >= 11 is 0. The maximum Gasteiger partial charge on any atom is 0.303 e. The van der Waals surface area contributed by atoms with E-state index >= 15 is 0 Å². The van der Waals surface area contributed by atoms with Gasteiger partial charge in [-0.3, -0.25) is 4.79 Å². The Morgan fingerprint density at radius 3 is 2.47 bits per heavy atom.